The molecule has 0 fully saturated rings. The maximum Gasteiger partial charge on any atom is 0.348 e. The van der Waals surface area contributed by atoms with E-state index in [-0.39, 0.29) is 22.3 Å². The third-order valence-corrected chi connectivity index (χ3v) is 5.26. The van der Waals surface area contributed by atoms with Crippen molar-refractivity contribution in [1.82, 2.24) is 0 Å². The van der Waals surface area contributed by atoms with Crippen molar-refractivity contribution in [2.24, 2.45) is 4.99 Å². The molecule has 26 heavy (non-hydrogen) atoms. The van der Waals surface area contributed by atoms with Gasteiger partial charge in [-0.05, 0) is 18.6 Å². The lowest BCUT2D eigenvalue weighted by Gasteiger charge is -2.15. The third kappa shape index (κ3) is 3.57. The molecule has 136 valence electrons. The average Bonchev–Trinajstić information content (AvgIpc) is 2.80. The fourth-order valence-electron chi connectivity index (χ4n) is 2.82. The summed E-state index contributed by atoms with van der Waals surface area (Å²) in [4.78, 5) is 27.0. The first kappa shape index (κ1) is 18.0. The fourth-order valence-corrected chi connectivity index (χ4v) is 3.91. The minimum Gasteiger partial charge on any atom is -0.507 e. The van der Waals surface area contributed by atoms with Crippen LogP contribution in [-0.2, 0) is 0 Å². The number of hydrogen-bond acceptors (Lipinski definition) is 8. The first-order valence-corrected chi connectivity index (χ1v) is 8.88. The van der Waals surface area contributed by atoms with Gasteiger partial charge in [0.25, 0.3) is 0 Å². The largest absolute Gasteiger partial charge is 0.507 e. The summed E-state index contributed by atoms with van der Waals surface area (Å²) in [7, 11) is 0. The molecule has 0 amide bonds. The van der Waals surface area contributed by atoms with Crippen LogP contribution in [0.5, 0.6) is 11.5 Å². The van der Waals surface area contributed by atoms with E-state index in [9.17, 15) is 25.1 Å². The standard InChI is InChI=1S/C17H16N2O6S/c1-9-6-14(21)16(17(22)25-9)11-8-15(26-5-4-18-11)10-2-3-13(20)12(7-10)19(23)24/h2-3,6-7,15,20-21H,4-5,8H2,1H3/t15-/m0/s1. The van der Waals surface area contributed by atoms with Gasteiger partial charge in [-0.1, -0.05) is 6.07 Å². The lowest BCUT2D eigenvalue weighted by atomic mass is 10.0. The molecule has 1 aliphatic heterocycles. The Kier molecular flexibility index (Phi) is 4.99. The summed E-state index contributed by atoms with van der Waals surface area (Å²) >= 11 is 1.54. The zero-order valence-corrected chi connectivity index (χ0v) is 14.7. The number of aromatic hydroxyl groups is 2. The summed E-state index contributed by atoms with van der Waals surface area (Å²) in [5.74, 6) is 0.356. The van der Waals surface area contributed by atoms with Crippen LogP contribution < -0.4 is 5.63 Å². The van der Waals surface area contributed by atoms with E-state index in [0.717, 1.165) is 0 Å². The quantitative estimate of drug-likeness (QED) is 0.623. The van der Waals surface area contributed by atoms with E-state index >= 15 is 0 Å². The number of aliphatic imine (C=N–C) groups is 1. The smallest absolute Gasteiger partial charge is 0.348 e. The van der Waals surface area contributed by atoms with Crippen molar-refractivity contribution in [3.63, 3.8) is 0 Å². The van der Waals surface area contributed by atoms with E-state index in [1.807, 2.05) is 0 Å². The van der Waals surface area contributed by atoms with Crippen LogP contribution in [0.25, 0.3) is 0 Å². The van der Waals surface area contributed by atoms with Gasteiger partial charge < -0.3 is 14.6 Å². The predicted molar refractivity (Wildman–Crippen MR) is 97.4 cm³/mol. The maximum absolute atomic E-state index is 12.2. The number of thioether (sulfide) groups is 1. The molecule has 9 heteroatoms. The molecule has 1 aliphatic rings. The van der Waals surface area contributed by atoms with Gasteiger partial charge in [-0.25, -0.2) is 4.79 Å². The monoisotopic (exact) mass is 376 g/mol. The van der Waals surface area contributed by atoms with Crippen molar-refractivity contribution in [3.8, 4) is 11.5 Å². The van der Waals surface area contributed by atoms with Crippen molar-refractivity contribution >= 4 is 23.2 Å². The van der Waals surface area contributed by atoms with Gasteiger partial charge in [0.15, 0.2) is 5.75 Å². The number of nitro groups is 1. The summed E-state index contributed by atoms with van der Waals surface area (Å²) in [5, 5.41) is 30.6. The topological polar surface area (TPSA) is 126 Å². The molecule has 1 atom stereocenters. The fraction of sp³-hybridized carbons (Fsp3) is 0.294. The van der Waals surface area contributed by atoms with Crippen molar-refractivity contribution in [2.75, 3.05) is 12.3 Å². The Hall–Kier alpha value is -2.81. The SMILES string of the molecule is Cc1cc(O)c(C2=NCCS[C@H](c3ccc(O)c([N+](=O)[O-])c3)C2)c(=O)o1. The van der Waals surface area contributed by atoms with Crippen molar-refractivity contribution < 1.29 is 19.6 Å². The molecule has 2 heterocycles. The van der Waals surface area contributed by atoms with Crippen LogP contribution in [-0.4, -0.2) is 33.1 Å². The highest BCUT2D eigenvalue weighted by molar-refractivity contribution is 7.99. The van der Waals surface area contributed by atoms with E-state index in [1.54, 1.807) is 24.8 Å². The Morgan fingerprint density at radius 3 is 2.77 bits per heavy atom. The van der Waals surface area contributed by atoms with Gasteiger partial charge in [0.2, 0.25) is 0 Å². The normalized spacial score (nSPS) is 17.4. The predicted octanol–water partition coefficient (Wildman–Crippen LogP) is 2.93. The van der Waals surface area contributed by atoms with Crippen LogP contribution in [0, 0.1) is 17.0 Å². The van der Waals surface area contributed by atoms with Gasteiger partial charge in [-0.3, -0.25) is 15.1 Å². The zero-order chi connectivity index (χ0) is 18.8. The Morgan fingerprint density at radius 2 is 2.08 bits per heavy atom. The molecule has 2 N–H and O–H groups in total. The first-order chi connectivity index (χ1) is 12.4. The lowest BCUT2D eigenvalue weighted by molar-refractivity contribution is -0.385. The Labute approximate surface area is 152 Å². The van der Waals surface area contributed by atoms with Crippen LogP contribution in [0.1, 0.15) is 28.6 Å². The number of nitro benzene ring substituents is 1. The number of nitrogens with zero attached hydrogens (tertiary/aromatic N) is 2. The summed E-state index contributed by atoms with van der Waals surface area (Å²) in [5.41, 5.74) is 0.0376. The van der Waals surface area contributed by atoms with Gasteiger partial charge in [0.1, 0.15) is 17.1 Å². The molecule has 0 saturated carbocycles. The number of phenolic OH excluding ortho intramolecular Hbond substituents is 1. The van der Waals surface area contributed by atoms with Gasteiger partial charge >= 0.3 is 11.3 Å². The van der Waals surface area contributed by atoms with Crippen LogP contribution in [0.4, 0.5) is 5.69 Å². The van der Waals surface area contributed by atoms with Crippen LogP contribution in [0.15, 0.2) is 38.5 Å². The maximum atomic E-state index is 12.2. The molecule has 1 aromatic carbocycles. The Bertz CT molecular complexity index is 953. The van der Waals surface area contributed by atoms with E-state index in [4.69, 9.17) is 4.42 Å². The third-order valence-electron chi connectivity index (χ3n) is 4.00. The van der Waals surface area contributed by atoms with Gasteiger partial charge in [0.05, 0.1) is 10.6 Å². The van der Waals surface area contributed by atoms with E-state index in [0.29, 0.717) is 35.8 Å². The van der Waals surface area contributed by atoms with Crippen molar-refractivity contribution in [2.45, 2.75) is 18.6 Å². The number of rotatable bonds is 3. The van der Waals surface area contributed by atoms with Gasteiger partial charge in [-0.15, -0.1) is 0 Å². The van der Waals surface area contributed by atoms with E-state index < -0.39 is 16.3 Å². The number of hydrogen-bond donors (Lipinski definition) is 2. The molecular weight excluding hydrogens is 360 g/mol. The average molecular weight is 376 g/mol. The van der Waals surface area contributed by atoms with Crippen LogP contribution in [0.3, 0.4) is 0 Å². The van der Waals surface area contributed by atoms with Crippen LogP contribution in [0.2, 0.25) is 0 Å². The highest BCUT2D eigenvalue weighted by atomic mass is 32.2. The number of benzene rings is 1. The molecule has 0 aliphatic carbocycles. The molecule has 3 rings (SSSR count). The summed E-state index contributed by atoms with van der Waals surface area (Å²) in [6.07, 6.45) is 0.300. The second-order valence-electron chi connectivity index (χ2n) is 5.80. The molecular formula is C17H16N2O6S. The molecule has 0 radical (unpaired) electrons. The van der Waals surface area contributed by atoms with Crippen LogP contribution >= 0.6 is 11.8 Å². The molecule has 1 aromatic heterocycles. The molecule has 0 saturated heterocycles. The van der Waals surface area contributed by atoms with Gasteiger partial charge in [-0.2, -0.15) is 11.8 Å². The van der Waals surface area contributed by atoms with Crippen molar-refractivity contribution in [1.29, 1.82) is 0 Å². The molecule has 0 bridgehead atoms. The second-order valence-corrected chi connectivity index (χ2v) is 7.11. The summed E-state index contributed by atoms with van der Waals surface area (Å²) in [6.45, 7) is 2.01. The lowest BCUT2D eigenvalue weighted by Crippen LogP contribution is -2.17. The minimum atomic E-state index is -0.663. The first-order valence-electron chi connectivity index (χ1n) is 7.83. The van der Waals surface area contributed by atoms with E-state index in [1.165, 1.54) is 18.2 Å². The Morgan fingerprint density at radius 1 is 1.31 bits per heavy atom. The molecule has 8 nitrogen and oxygen atoms in total. The summed E-state index contributed by atoms with van der Waals surface area (Å²) in [6, 6.07) is 5.58. The highest BCUT2D eigenvalue weighted by Crippen LogP contribution is 2.39. The van der Waals surface area contributed by atoms with Crippen molar-refractivity contribution in [3.05, 3.63) is 61.7 Å². The zero-order valence-electron chi connectivity index (χ0n) is 13.8. The number of aryl methyl sites for hydroxylation is 1. The molecule has 0 unspecified atom stereocenters. The molecule has 2 aromatic rings. The number of phenols is 1. The summed E-state index contributed by atoms with van der Waals surface area (Å²) < 4.78 is 5.06. The molecule has 0 spiro atoms. The Balaban J connectivity index is 1.98. The van der Waals surface area contributed by atoms with E-state index in [2.05, 4.69) is 4.99 Å². The van der Waals surface area contributed by atoms with Gasteiger partial charge in [0, 0.05) is 36.1 Å². The minimum absolute atomic E-state index is 0.0244. The second kappa shape index (κ2) is 7.20. The highest BCUT2D eigenvalue weighted by Gasteiger charge is 2.25.